The Morgan fingerprint density at radius 2 is 1.65 bits per heavy atom. The molecule has 0 amide bonds. The van der Waals surface area contributed by atoms with Crippen LogP contribution < -0.4 is 0 Å². The molecule has 0 heterocycles. The quantitative estimate of drug-likeness (QED) is 0.908. The van der Waals surface area contributed by atoms with Crippen LogP contribution in [0, 0.1) is 5.82 Å². The second-order valence-electron chi connectivity index (χ2n) is 3.97. The summed E-state index contributed by atoms with van der Waals surface area (Å²) in [5.74, 6) is -3.48. The van der Waals surface area contributed by atoms with Gasteiger partial charge in [-0.15, -0.1) is 0 Å². The molecule has 2 aromatic carbocycles. The lowest BCUT2D eigenvalue weighted by Crippen LogP contribution is -2.01. The molecule has 0 bridgehead atoms. The number of hydrogen-bond donors (Lipinski definition) is 2. The third-order valence-electron chi connectivity index (χ3n) is 2.74. The molecule has 4 nitrogen and oxygen atoms in total. The Balaban J connectivity index is 2.58. The average molecular weight is 295 g/mol. The Hall–Kier alpha value is -2.40. The van der Waals surface area contributed by atoms with Gasteiger partial charge >= 0.3 is 11.9 Å². The Morgan fingerprint density at radius 1 is 1.00 bits per heavy atom. The third kappa shape index (κ3) is 2.48. The van der Waals surface area contributed by atoms with Crippen LogP contribution in [0.4, 0.5) is 4.39 Å². The Bertz CT molecular complexity index is 712. The molecule has 0 atom stereocenters. The smallest absolute Gasteiger partial charge is 0.338 e. The summed E-state index contributed by atoms with van der Waals surface area (Å²) in [6.07, 6.45) is 0. The van der Waals surface area contributed by atoms with Crippen LogP contribution in [0.2, 0.25) is 5.02 Å². The van der Waals surface area contributed by atoms with Gasteiger partial charge in [0.25, 0.3) is 0 Å². The molecule has 102 valence electrons. The molecule has 0 saturated heterocycles. The van der Waals surface area contributed by atoms with E-state index in [1.54, 1.807) is 0 Å². The van der Waals surface area contributed by atoms with Crippen LogP contribution in [0.5, 0.6) is 0 Å². The summed E-state index contributed by atoms with van der Waals surface area (Å²) < 4.78 is 13.6. The van der Waals surface area contributed by atoms with E-state index < -0.39 is 23.3 Å². The van der Waals surface area contributed by atoms with E-state index in [0.29, 0.717) is 11.1 Å². The van der Waals surface area contributed by atoms with Gasteiger partial charge in [0.15, 0.2) is 0 Å². The van der Waals surface area contributed by atoms with Crippen molar-refractivity contribution < 1.29 is 24.2 Å². The largest absolute Gasteiger partial charge is 0.478 e. The first-order valence-corrected chi connectivity index (χ1v) is 5.84. The van der Waals surface area contributed by atoms with Gasteiger partial charge in [-0.25, -0.2) is 14.0 Å². The van der Waals surface area contributed by atoms with Crippen LogP contribution in [-0.2, 0) is 0 Å². The van der Waals surface area contributed by atoms with E-state index in [9.17, 15) is 14.0 Å². The Labute approximate surface area is 118 Å². The molecule has 2 N–H and O–H groups in total. The highest BCUT2D eigenvalue weighted by molar-refractivity contribution is 6.36. The van der Waals surface area contributed by atoms with Crippen molar-refractivity contribution in [1.29, 1.82) is 0 Å². The van der Waals surface area contributed by atoms with Crippen LogP contribution in [0.25, 0.3) is 11.1 Å². The lowest BCUT2D eigenvalue weighted by Gasteiger charge is -2.08. The predicted octanol–water partition coefficient (Wildman–Crippen LogP) is 3.54. The summed E-state index contributed by atoms with van der Waals surface area (Å²) in [4.78, 5) is 21.7. The molecule has 0 aliphatic rings. The topological polar surface area (TPSA) is 74.6 Å². The van der Waals surface area contributed by atoms with Gasteiger partial charge in [-0.3, -0.25) is 0 Å². The van der Waals surface area contributed by atoms with Gasteiger partial charge in [-0.2, -0.15) is 0 Å². The fourth-order valence-corrected chi connectivity index (χ4v) is 2.09. The van der Waals surface area contributed by atoms with Gasteiger partial charge in [0.05, 0.1) is 16.1 Å². The van der Waals surface area contributed by atoms with E-state index in [1.165, 1.54) is 24.3 Å². The average Bonchev–Trinajstić information content (AvgIpc) is 2.38. The van der Waals surface area contributed by atoms with Gasteiger partial charge in [-0.1, -0.05) is 29.8 Å². The molecule has 0 unspecified atom stereocenters. The summed E-state index contributed by atoms with van der Waals surface area (Å²) in [5, 5.41) is 17.7. The maximum Gasteiger partial charge on any atom is 0.338 e. The standard InChI is InChI=1S/C14H8ClFO4/c15-12-8(2-1-3-10(12)14(19)20)7-4-5-9(13(17)18)11(16)6-7/h1-6H,(H,17,18)(H,19,20). The number of carbonyl (C=O) groups is 2. The van der Waals surface area contributed by atoms with Gasteiger partial charge in [0.2, 0.25) is 0 Å². The van der Waals surface area contributed by atoms with Crippen LogP contribution in [0.3, 0.4) is 0 Å². The number of hydrogen-bond acceptors (Lipinski definition) is 2. The molecule has 0 aliphatic heterocycles. The number of halogens is 2. The minimum Gasteiger partial charge on any atom is -0.478 e. The molecule has 0 aliphatic carbocycles. The molecule has 0 fully saturated rings. The summed E-state index contributed by atoms with van der Waals surface area (Å²) in [5.41, 5.74) is 0.0640. The van der Waals surface area contributed by atoms with Crippen molar-refractivity contribution in [2.75, 3.05) is 0 Å². The highest BCUT2D eigenvalue weighted by Crippen LogP contribution is 2.31. The zero-order valence-corrected chi connectivity index (χ0v) is 10.7. The van der Waals surface area contributed by atoms with Crippen molar-refractivity contribution in [2.24, 2.45) is 0 Å². The molecule has 0 spiro atoms. The van der Waals surface area contributed by atoms with Crippen LogP contribution in [0.15, 0.2) is 36.4 Å². The molecule has 0 saturated carbocycles. The first kappa shape index (κ1) is 14.0. The number of carboxylic acids is 2. The third-order valence-corrected chi connectivity index (χ3v) is 3.15. The van der Waals surface area contributed by atoms with Crippen molar-refractivity contribution in [3.8, 4) is 11.1 Å². The minimum atomic E-state index is -1.38. The maximum absolute atomic E-state index is 13.6. The highest BCUT2D eigenvalue weighted by Gasteiger charge is 2.16. The fourth-order valence-electron chi connectivity index (χ4n) is 1.78. The van der Waals surface area contributed by atoms with Crippen LogP contribution in [0.1, 0.15) is 20.7 Å². The van der Waals surface area contributed by atoms with Crippen molar-refractivity contribution in [1.82, 2.24) is 0 Å². The number of rotatable bonds is 3. The first-order chi connectivity index (χ1) is 9.41. The SMILES string of the molecule is O=C(O)c1ccc(-c2cccc(C(=O)O)c2Cl)cc1F. The molecular weight excluding hydrogens is 287 g/mol. The number of aromatic carboxylic acids is 2. The van der Waals surface area contributed by atoms with E-state index >= 15 is 0 Å². The predicted molar refractivity (Wildman–Crippen MR) is 70.8 cm³/mol. The summed E-state index contributed by atoms with van der Waals surface area (Å²) in [6.45, 7) is 0. The summed E-state index contributed by atoms with van der Waals surface area (Å²) in [6, 6.07) is 7.83. The first-order valence-electron chi connectivity index (χ1n) is 5.47. The Kier molecular flexibility index (Phi) is 3.72. The minimum absolute atomic E-state index is 0.0255. The van der Waals surface area contributed by atoms with Gasteiger partial charge in [0, 0.05) is 5.56 Å². The zero-order valence-electron chi connectivity index (χ0n) is 9.93. The summed E-state index contributed by atoms with van der Waals surface area (Å²) in [7, 11) is 0. The molecule has 0 aromatic heterocycles. The normalized spacial score (nSPS) is 10.3. The second-order valence-corrected chi connectivity index (χ2v) is 4.35. The zero-order chi connectivity index (χ0) is 14.9. The van der Waals surface area contributed by atoms with Crippen molar-refractivity contribution in [2.45, 2.75) is 0 Å². The maximum atomic E-state index is 13.6. The summed E-state index contributed by atoms with van der Waals surface area (Å²) >= 11 is 5.97. The van der Waals surface area contributed by atoms with E-state index in [-0.39, 0.29) is 10.6 Å². The van der Waals surface area contributed by atoms with Crippen LogP contribution in [-0.4, -0.2) is 22.2 Å². The van der Waals surface area contributed by atoms with E-state index in [4.69, 9.17) is 21.8 Å². The number of carboxylic acid groups (broad SMARTS) is 2. The fraction of sp³-hybridized carbons (Fsp3) is 0. The van der Waals surface area contributed by atoms with Crippen molar-refractivity contribution in [3.05, 3.63) is 58.4 Å². The van der Waals surface area contributed by atoms with E-state index in [2.05, 4.69) is 0 Å². The molecule has 6 heteroatoms. The van der Waals surface area contributed by atoms with Crippen molar-refractivity contribution in [3.63, 3.8) is 0 Å². The van der Waals surface area contributed by atoms with E-state index in [1.807, 2.05) is 0 Å². The monoisotopic (exact) mass is 294 g/mol. The molecule has 0 radical (unpaired) electrons. The van der Waals surface area contributed by atoms with Crippen molar-refractivity contribution >= 4 is 23.5 Å². The highest BCUT2D eigenvalue weighted by atomic mass is 35.5. The molecule has 2 aromatic rings. The lowest BCUT2D eigenvalue weighted by atomic mass is 10.0. The van der Waals surface area contributed by atoms with Gasteiger partial charge < -0.3 is 10.2 Å². The second kappa shape index (κ2) is 5.30. The molecule has 20 heavy (non-hydrogen) atoms. The molecular formula is C14H8ClFO4. The van der Waals surface area contributed by atoms with E-state index in [0.717, 1.165) is 12.1 Å². The lowest BCUT2D eigenvalue weighted by molar-refractivity contribution is 0.0683. The van der Waals surface area contributed by atoms with Crippen LogP contribution >= 0.6 is 11.6 Å². The Morgan fingerprint density at radius 3 is 2.20 bits per heavy atom. The number of benzene rings is 2. The van der Waals surface area contributed by atoms with Gasteiger partial charge in [-0.05, 0) is 23.8 Å². The molecule has 2 rings (SSSR count). The van der Waals surface area contributed by atoms with Gasteiger partial charge in [0.1, 0.15) is 5.82 Å².